The van der Waals surface area contributed by atoms with E-state index in [0.29, 0.717) is 11.8 Å². The zero-order chi connectivity index (χ0) is 15.8. The second-order valence-electron chi connectivity index (χ2n) is 5.19. The topological polar surface area (TPSA) is 57.5 Å². The van der Waals surface area contributed by atoms with Crippen LogP contribution in [0.5, 0.6) is 11.5 Å². The van der Waals surface area contributed by atoms with Crippen molar-refractivity contribution in [3.63, 3.8) is 0 Å². The van der Waals surface area contributed by atoms with Crippen LogP contribution in [0.15, 0.2) is 6.08 Å². The van der Waals surface area contributed by atoms with Gasteiger partial charge in [0.1, 0.15) is 11.5 Å². The standard InChI is InChI=1S/C17H23ClO3/c1-3-4-5-6-7-8-9-10-13-16(20)14(11-19)12(2)15(18)17(13)21/h9-11,20-21H,3-8H2,1-2H3. The van der Waals surface area contributed by atoms with Gasteiger partial charge >= 0.3 is 0 Å². The number of phenolic OH excluding ortho intramolecular Hbond substituents is 2. The molecule has 0 radical (unpaired) electrons. The summed E-state index contributed by atoms with van der Waals surface area (Å²) in [5.41, 5.74) is 0.722. The Labute approximate surface area is 131 Å². The fourth-order valence-corrected chi connectivity index (χ4v) is 2.42. The zero-order valence-corrected chi connectivity index (χ0v) is 13.4. The summed E-state index contributed by atoms with van der Waals surface area (Å²) in [4.78, 5) is 11.0. The molecular weight excluding hydrogens is 288 g/mol. The molecule has 0 saturated carbocycles. The first-order chi connectivity index (χ1) is 10.0. The molecule has 0 fully saturated rings. The third-order valence-corrected chi connectivity index (χ3v) is 4.05. The van der Waals surface area contributed by atoms with Gasteiger partial charge in [0.2, 0.25) is 0 Å². The fourth-order valence-electron chi connectivity index (χ4n) is 2.22. The van der Waals surface area contributed by atoms with Gasteiger partial charge in [0, 0.05) is 0 Å². The summed E-state index contributed by atoms with van der Waals surface area (Å²) in [7, 11) is 0. The first kappa shape index (κ1) is 17.6. The Bertz CT molecular complexity index is 522. The van der Waals surface area contributed by atoms with Gasteiger partial charge in [-0.3, -0.25) is 4.79 Å². The van der Waals surface area contributed by atoms with Crippen molar-refractivity contribution in [1.29, 1.82) is 0 Å². The number of benzene rings is 1. The molecule has 1 rings (SSSR count). The molecule has 0 heterocycles. The third-order valence-electron chi connectivity index (χ3n) is 3.58. The molecule has 116 valence electrons. The van der Waals surface area contributed by atoms with Gasteiger partial charge < -0.3 is 10.2 Å². The highest BCUT2D eigenvalue weighted by Crippen LogP contribution is 2.40. The van der Waals surface area contributed by atoms with Crippen molar-refractivity contribution >= 4 is 24.0 Å². The number of phenols is 2. The van der Waals surface area contributed by atoms with Crippen molar-refractivity contribution < 1.29 is 15.0 Å². The number of aldehydes is 1. The first-order valence-electron chi connectivity index (χ1n) is 7.40. The maximum atomic E-state index is 11.0. The van der Waals surface area contributed by atoms with Crippen LogP contribution < -0.4 is 0 Å². The predicted octanol–water partition coefficient (Wildman–Crippen LogP) is 5.25. The average Bonchev–Trinajstić information content (AvgIpc) is 2.48. The van der Waals surface area contributed by atoms with Crippen LogP contribution in [0.2, 0.25) is 5.02 Å². The zero-order valence-electron chi connectivity index (χ0n) is 12.7. The van der Waals surface area contributed by atoms with E-state index in [0.717, 1.165) is 12.8 Å². The van der Waals surface area contributed by atoms with E-state index in [1.165, 1.54) is 25.7 Å². The largest absolute Gasteiger partial charge is 0.506 e. The number of hydrogen-bond donors (Lipinski definition) is 2. The molecule has 0 aromatic heterocycles. The summed E-state index contributed by atoms with van der Waals surface area (Å²) in [5, 5.41) is 20.1. The van der Waals surface area contributed by atoms with E-state index in [1.54, 1.807) is 13.0 Å². The van der Waals surface area contributed by atoms with Gasteiger partial charge in [-0.1, -0.05) is 56.4 Å². The van der Waals surface area contributed by atoms with Crippen LogP contribution in [0.1, 0.15) is 66.9 Å². The lowest BCUT2D eigenvalue weighted by atomic mass is 10.0. The third kappa shape index (κ3) is 4.50. The summed E-state index contributed by atoms with van der Waals surface area (Å²) in [6.45, 7) is 3.77. The summed E-state index contributed by atoms with van der Waals surface area (Å²) in [5.74, 6) is -0.397. The van der Waals surface area contributed by atoms with Crippen LogP contribution in [0.25, 0.3) is 6.08 Å². The molecule has 0 aliphatic heterocycles. The van der Waals surface area contributed by atoms with Crippen LogP contribution >= 0.6 is 11.6 Å². The summed E-state index contributed by atoms with van der Waals surface area (Å²) >= 11 is 5.98. The Kier molecular flexibility index (Phi) is 7.30. The SMILES string of the molecule is CCCCCCCC=Cc1c(O)c(Cl)c(C)c(C=O)c1O. The highest BCUT2D eigenvalue weighted by molar-refractivity contribution is 6.33. The van der Waals surface area contributed by atoms with Gasteiger partial charge in [-0.2, -0.15) is 0 Å². The average molecular weight is 311 g/mol. The van der Waals surface area contributed by atoms with Gasteiger partial charge in [-0.25, -0.2) is 0 Å². The van der Waals surface area contributed by atoms with Crippen molar-refractivity contribution in [2.24, 2.45) is 0 Å². The molecule has 0 atom stereocenters. The van der Waals surface area contributed by atoms with E-state index < -0.39 is 0 Å². The highest BCUT2D eigenvalue weighted by atomic mass is 35.5. The first-order valence-corrected chi connectivity index (χ1v) is 7.78. The number of halogens is 1. The van der Waals surface area contributed by atoms with Gasteiger partial charge in [0.25, 0.3) is 0 Å². The van der Waals surface area contributed by atoms with Crippen LogP contribution in [-0.4, -0.2) is 16.5 Å². The van der Waals surface area contributed by atoms with Gasteiger partial charge in [0.15, 0.2) is 6.29 Å². The molecule has 3 nitrogen and oxygen atoms in total. The fraction of sp³-hybridized carbons (Fsp3) is 0.471. The van der Waals surface area contributed by atoms with E-state index in [4.69, 9.17) is 11.6 Å². The molecule has 0 bridgehead atoms. The smallest absolute Gasteiger partial charge is 0.154 e. The predicted molar refractivity (Wildman–Crippen MR) is 87.3 cm³/mol. The van der Waals surface area contributed by atoms with Crippen molar-refractivity contribution in [2.75, 3.05) is 0 Å². The minimum atomic E-state index is -0.216. The second-order valence-corrected chi connectivity index (χ2v) is 5.56. The van der Waals surface area contributed by atoms with E-state index >= 15 is 0 Å². The van der Waals surface area contributed by atoms with Gasteiger partial charge in [-0.05, 0) is 25.3 Å². The number of unbranched alkanes of at least 4 members (excludes halogenated alkanes) is 5. The van der Waals surface area contributed by atoms with Crippen LogP contribution in [-0.2, 0) is 0 Å². The van der Waals surface area contributed by atoms with E-state index in [9.17, 15) is 15.0 Å². The summed E-state index contributed by atoms with van der Waals surface area (Å²) in [6, 6.07) is 0. The number of carbonyl (C=O) groups excluding carboxylic acids is 1. The Morgan fingerprint density at radius 1 is 1.05 bits per heavy atom. The molecule has 0 saturated heterocycles. The second kappa shape index (κ2) is 8.73. The van der Waals surface area contributed by atoms with Crippen molar-refractivity contribution in [1.82, 2.24) is 0 Å². The quantitative estimate of drug-likeness (QED) is 0.509. The number of aromatic hydroxyl groups is 2. The molecular formula is C17H23ClO3. The maximum Gasteiger partial charge on any atom is 0.154 e. The van der Waals surface area contributed by atoms with Crippen molar-refractivity contribution in [3.8, 4) is 11.5 Å². The lowest BCUT2D eigenvalue weighted by molar-refractivity contribution is 0.112. The molecule has 0 unspecified atom stereocenters. The van der Waals surface area contributed by atoms with E-state index in [1.807, 2.05) is 6.08 Å². The minimum Gasteiger partial charge on any atom is -0.506 e. The molecule has 2 N–H and O–H groups in total. The number of rotatable bonds is 8. The number of carbonyl (C=O) groups is 1. The van der Waals surface area contributed by atoms with Crippen LogP contribution in [0.4, 0.5) is 0 Å². The maximum absolute atomic E-state index is 11.0. The molecule has 0 aliphatic rings. The van der Waals surface area contributed by atoms with Gasteiger partial charge in [-0.15, -0.1) is 0 Å². The van der Waals surface area contributed by atoms with Crippen LogP contribution in [0, 0.1) is 6.92 Å². The summed E-state index contributed by atoms with van der Waals surface area (Å²) in [6.07, 6.45) is 10.9. The number of hydrogen-bond acceptors (Lipinski definition) is 3. The lowest BCUT2D eigenvalue weighted by Gasteiger charge is -2.11. The van der Waals surface area contributed by atoms with Crippen LogP contribution in [0.3, 0.4) is 0 Å². The molecule has 0 aliphatic carbocycles. The summed E-state index contributed by atoms with van der Waals surface area (Å²) < 4.78 is 0. The van der Waals surface area contributed by atoms with Crippen molar-refractivity contribution in [3.05, 3.63) is 27.8 Å². The molecule has 4 heteroatoms. The Hall–Kier alpha value is -1.48. The molecule has 1 aromatic carbocycles. The van der Waals surface area contributed by atoms with Crippen molar-refractivity contribution in [2.45, 2.75) is 52.4 Å². The van der Waals surface area contributed by atoms with E-state index in [-0.39, 0.29) is 27.6 Å². The molecule has 0 amide bonds. The highest BCUT2D eigenvalue weighted by Gasteiger charge is 2.18. The van der Waals surface area contributed by atoms with Gasteiger partial charge in [0.05, 0.1) is 16.1 Å². The molecule has 1 aromatic rings. The number of allylic oxidation sites excluding steroid dienone is 1. The monoisotopic (exact) mass is 310 g/mol. The normalized spacial score (nSPS) is 11.2. The Morgan fingerprint density at radius 3 is 2.33 bits per heavy atom. The lowest BCUT2D eigenvalue weighted by Crippen LogP contribution is -1.93. The van der Waals surface area contributed by atoms with E-state index in [2.05, 4.69) is 6.92 Å². The Balaban J connectivity index is 2.79. The minimum absolute atomic E-state index is 0.109. The Morgan fingerprint density at radius 2 is 1.71 bits per heavy atom. The molecule has 0 spiro atoms. The molecule has 21 heavy (non-hydrogen) atoms.